The SMILES string of the molecule is CC/C=C\C/C=C\C/C=C\C/C=C\C/C=C\C/C=C\CCCCCCCCCCCCCCC(=O)OCC(COC(=O)CCCCCCCCCCCCC)OC(=O)CCCCCCC/C=C\C/C=C\CCCCCC. The summed E-state index contributed by atoms with van der Waals surface area (Å²) in [6, 6.07) is 0. The van der Waals surface area contributed by atoms with Crippen LogP contribution < -0.4 is 0 Å². The Bertz CT molecular complexity index is 1490. The van der Waals surface area contributed by atoms with Crippen LogP contribution in [0.15, 0.2) is 97.2 Å². The molecule has 0 saturated heterocycles. The molecule has 0 amide bonds. The Hall–Kier alpha value is -3.67. The fourth-order valence-electron chi connectivity index (χ4n) is 9.01. The maximum atomic E-state index is 12.9. The van der Waals surface area contributed by atoms with Crippen LogP contribution in [0.25, 0.3) is 0 Å². The molecule has 0 radical (unpaired) electrons. The van der Waals surface area contributed by atoms with E-state index < -0.39 is 6.10 Å². The zero-order valence-corrected chi connectivity index (χ0v) is 50.0. The molecule has 6 nitrogen and oxygen atoms in total. The van der Waals surface area contributed by atoms with E-state index in [4.69, 9.17) is 14.2 Å². The number of carbonyl (C=O) groups is 3. The van der Waals surface area contributed by atoms with Gasteiger partial charge in [0, 0.05) is 19.3 Å². The van der Waals surface area contributed by atoms with E-state index in [-0.39, 0.29) is 31.1 Å². The molecule has 0 fully saturated rings. The van der Waals surface area contributed by atoms with Crippen molar-refractivity contribution < 1.29 is 28.6 Å². The first kappa shape index (κ1) is 72.3. The van der Waals surface area contributed by atoms with E-state index in [0.29, 0.717) is 19.3 Å². The summed E-state index contributed by atoms with van der Waals surface area (Å²) in [4.78, 5) is 38.2. The highest BCUT2D eigenvalue weighted by molar-refractivity contribution is 5.71. The number of rotatable bonds is 58. The van der Waals surface area contributed by atoms with Crippen molar-refractivity contribution in [2.75, 3.05) is 13.2 Å². The molecule has 76 heavy (non-hydrogen) atoms. The van der Waals surface area contributed by atoms with Crippen LogP contribution >= 0.6 is 0 Å². The number of allylic oxidation sites excluding steroid dienone is 16. The highest BCUT2D eigenvalue weighted by Gasteiger charge is 2.19. The molecule has 0 aromatic carbocycles. The summed E-state index contributed by atoms with van der Waals surface area (Å²) in [5.41, 5.74) is 0. The topological polar surface area (TPSA) is 78.9 Å². The highest BCUT2D eigenvalue weighted by atomic mass is 16.6. The average Bonchev–Trinajstić information content (AvgIpc) is 3.42. The fraction of sp³-hybridized carbons (Fsp3) is 0.729. The van der Waals surface area contributed by atoms with E-state index in [0.717, 1.165) is 122 Å². The molecule has 436 valence electrons. The molecule has 6 heteroatoms. The van der Waals surface area contributed by atoms with Crippen molar-refractivity contribution in [1.82, 2.24) is 0 Å². The molecule has 0 aromatic rings. The van der Waals surface area contributed by atoms with E-state index in [2.05, 4.69) is 118 Å². The summed E-state index contributed by atoms with van der Waals surface area (Å²) < 4.78 is 16.9. The monoisotopic (exact) mass is 1060 g/mol. The number of ether oxygens (including phenoxy) is 3. The summed E-state index contributed by atoms with van der Waals surface area (Å²) in [5, 5.41) is 0. The van der Waals surface area contributed by atoms with Gasteiger partial charge in [-0.05, 0) is 103 Å². The second-order valence-corrected chi connectivity index (χ2v) is 21.3. The number of esters is 3. The van der Waals surface area contributed by atoms with Crippen LogP contribution in [0, 0.1) is 0 Å². The van der Waals surface area contributed by atoms with Gasteiger partial charge in [0.05, 0.1) is 0 Å². The molecular weight excluding hydrogens is 937 g/mol. The summed E-state index contributed by atoms with van der Waals surface area (Å²) in [6.07, 6.45) is 85.6. The molecule has 0 aliphatic carbocycles. The Morgan fingerprint density at radius 1 is 0.276 bits per heavy atom. The molecule has 0 heterocycles. The van der Waals surface area contributed by atoms with Crippen molar-refractivity contribution in [3.63, 3.8) is 0 Å². The van der Waals surface area contributed by atoms with Gasteiger partial charge in [0.2, 0.25) is 0 Å². The van der Waals surface area contributed by atoms with Gasteiger partial charge in [0.1, 0.15) is 13.2 Å². The fourth-order valence-corrected chi connectivity index (χ4v) is 9.01. The molecule has 0 saturated carbocycles. The second kappa shape index (κ2) is 63.9. The van der Waals surface area contributed by atoms with Gasteiger partial charge >= 0.3 is 17.9 Å². The standard InChI is InChI=1S/C70H120O6/c1-4-7-10-13-16-19-22-24-26-28-29-30-31-32-33-34-35-36-37-38-39-40-41-42-44-45-48-51-54-57-60-63-69(72)75-66-67(65-74-68(71)62-59-56-53-50-47-21-18-15-12-9-6-3)76-70(73)64-61-58-55-52-49-46-43-27-25-23-20-17-14-11-8-5-2/h7,10,16,19-20,23-24,26-27,29-30,32-33,35-36,43,67H,4-6,8-9,11-15,17-18,21-22,25,28,31,34,37-42,44-66H2,1-3H3/b10-7-,19-16-,23-20-,26-24-,30-29-,33-32-,36-35-,43-27-. The first-order chi connectivity index (χ1) is 37.5. The normalized spacial score (nSPS) is 12.7. The quantitative estimate of drug-likeness (QED) is 0.0261. The smallest absolute Gasteiger partial charge is 0.306 e. The Balaban J connectivity index is 4.21. The van der Waals surface area contributed by atoms with Crippen molar-refractivity contribution in [2.24, 2.45) is 0 Å². The van der Waals surface area contributed by atoms with Crippen molar-refractivity contribution >= 4 is 17.9 Å². The second-order valence-electron chi connectivity index (χ2n) is 21.3. The number of hydrogen-bond acceptors (Lipinski definition) is 6. The first-order valence-electron chi connectivity index (χ1n) is 32.2. The molecule has 0 rings (SSSR count). The number of carbonyl (C=O) groups excluding carboxylic acids is 3. The maximum Gasteiger partial charge on any atom is 0.306 e. The first-order valence-corrected chi connectivity index (χ1v) is 32.2. The van der Waals surface area contributed by atoms with Gasteiger partial charge in [-0.15, -0.1) is 0 Å². The molecule has 0 aliphatic rings. The van der Waals surface area contributed by atoms with Crippen LogP contribution in [-0.4, -0.2) is 37.2 Å². The maximum absolute atomic E-state index is 12.9. The minimum Gasteiger partial charge on any atom is -0.462 e. The van der Waals surface area contributed by atoms with Crippen LogP contribution in [0.1, 0.15) is 310 Å². The van der Waals surface area contributed by atoms with Gasteiger partial charge in [0.15, 0.2) is 6.10 Å². The lowest BCUT2D eigenvalue weighted by atomic mass is 10.0. The van der Waals surface area contributed by atoms with Crippen molar-refractivity contribution in [3.05, 3.63) is 97.2 Å². The van der Waals surface area contributed by atoms with Crippen molar-refractivity contribution in [3.8, 4) is 0 Å². The number of unbranched alkanes of at least 4 members (excludes halogenated alkanes) is 31. The van der Waals surface area contributed by atoms with Crippen LogP contribution in [0.5, 0.6) is 0 Å². The van der Waals surface area contributed by atoms with Crippen molar-refractivity contribution in [1.29, 1.82) is 0 Å². The van der Waals surface area contributed by atoms with Crippen molar-refractivity contribution in [2.45, 2.75) is 316 Å². The average molecular weight is 1060 g/mol. The molecule has 1 atom stereocenters. The van der Waals surface area contributed by atoms with Crippen LogP contribution in [0.4, 0.5) is 0 Å². The highest BCUT2D eigenvalue weighted by Crippen LogP contribution is 2.16. The molecule has 0 bridgehead atoms. The summed E-state index contributed by atoms with van der Waals surface area (Å²) >= 11 is 0. The molecule has 0 aromatic heterocycles. The largest absolute Gasteiger partial charge is 0.462 e. The lowest BCUT2D eigenvalue weighted by molar-refractivity contribution is -0.167. The van der Waals surface area contributed by atoms with Gasteiger partial charge in [-0.3, -0.25) is 14.4 Å². The van der Waals surface area contributed by atoms with E-state index in [9.17, 15) is 14.4 Å². The minimum atomic E-state index is -0.784. The number of hydrogen-bond donors (Lipinski definition) is 0. The third-order valence-corrected chi connectivity index (χ3v) is 13.8. The molecular formula is C70H120O6. The zero-order valence-electron chi connectivity index (χ0n) is 50.0. The van der Waals surface area contributed by atoms with Crippen LogP contribution in [0.2, 0.25) is 0 Å². The van der Waals surface area contributed by atoms with E-state index in [1.165, 1.54) is 148 Å². The summed E-state index contributed by atoms with van der Waals surface area (Å²) in [5.74, 6) is -0.887. The van der Waals surface area contributed by atoms with E-state index >= 15 is 0 Å². The molecule has 0 aliphatic heterocycles. The Morgan fingerprint density at radius 3 is 0.816 bits per heavy atom. The summed E-state index contributed by atoms with van der Waals surface area (Å²) in [7, 11) is 0. The molecule has 0 N–H and O–H groups in total. The van der Waals surface area contributed by atoms with Gasteiger partial charge in [-0.2, -0.15) is 0 Å². The predicted molar refractivity (Wildman–Crippen MR) is 330 cm³/mol. The molecule has 1 unspecified atom stereocenters. The Kier molecular flexibility index (Phi) is 60.8. The zero-order chi connectivity index (χ0) is 55.0. The lowest BCUT2D eigenvalue weighted by Crippen LogP contribution is -2.30. The Morgan fingerprint density at radius 2 is 0.513 bits per heavy atom. The van der Waals surface area contributed by atoms with E-state index in [1.807, 2.05) is 0 Å². The van der Waals surface area contributed by atoms with Crippen LogP contribution in [-0.2, 0) is 28.6 Å². The third kappa shape index (κ3) is 61.2. The minimum absolute atomic E-state index is 0.0801. The lowest BCUT2D eigenvalue weighted by Gasteiger charge is -2.18. The third-order valence-electron chi connectivity index (χ3n) is 13.8. The van der Waals surface area contributed by atoms with Gasteiger partial charge < -0.3 is 14.2 Å². The van der Waals surface area contributed by atoms with E-state index in [1.54, 1.807) is 0 Å². The Labute approximate surface area is 470 Å². The van der Waals surface area contributed by atoms with Crippen LogP contribution in [0.3, 0.4) is 0 Å². The summed E-state index contributed by atoms with van der Waals surface area (Å²) in [6.45, 7) is 6.51. The molecule has 0 spiro atoms. The van der Waals surface area contributed by atoms with Gasteiger partial charge in [-0.25, -0.2) is 0 Å². The predicted octanol–water partition coefficient (Wildman–Crippen LogP) is 22.0. The van der Waals surface area contributed by atoms with Gasteiger partial charge in [-0.1, -0.05) is 285 Å². The van der Waals surface area contributed by atoms with Gasteiger partial charge in [0.25, 0.3) is 0 Å².